The van der Waals surface area contributed by atoms with Gasteiger partial charge in [-0.2, -0.15) is 11.8 Å². The highest BCUT2D eigenvalue weighted by Crippen LogP contribution is 2.09. The average Bonchev–Trinajstić information content (AvgIpc) is 2.03. The first-order valence-corrected chi connectivity index (χ1v) is 5.94. The lowest BCUT2D eigenvalue weighted by Gasteiger charge is -1.99. The average molecular weight is 173 g/mol. The van der Waals surface area contributed by atoms with E-state index in [1.54, 1.807) is 0 Å². The lowest BCUT2D eigenvalue weighted by molar-refractivity contribution is 0.776. The first-order valence-electron chi connectivity index (χ1n) is 4.78. The maximum atomic E-state index is 3.82. The van der Waals surface area contributed by atoms with Gasteiger partial charge in [0, 0.05) is 0 Å². The molecule has 0 saturated carbocycles. The summed E-state index contributed by atoms with van der Waals surface area (Å²) in [6, 6.07) is 0. The van der Waals surface area contributed by atoms with Crippen molar-refractivity contribution in [1.82, 2.24) is 0 Å². The molecule has 0 aliphatic rings. The Labute approximate surface area is 76.1 Å². The van der Waals surface area contributed by atoms with Gasteiger partial charge in [0.25, 0.3) is 0 Å². The first kappa shape index (κ1) is 11.4. The van der Waals surface area contributed by atoms with Crippen molar-refractivity contribution in [3.05, 3.63) is 6.92 Å². The highest BCUT2D eigenvalue weighted by molar-refractivity contribution is 7.99. The van der Waals surface area contributed by atoms with E-state index in [9.17, 15) is 0 Å². The van der Waals surface area contributed by atoms with Crippen LogP contribution in [0, 0.1) is 6.92 Å². The molecule has 0 bridgehead atoms. The van der Waals surface area contributed by atoms with Crippen LogP contribution in [0.5, 0.6) is 0 Å². The summed E-state index contributed by atoms with van der Waals surface area (Å²) in [7, 11) is 0. The topological polar surface area (TPSA) is 0 Å². The van der Waals surface area contributed by atoms with E-state index in [4.69, 9.17) is 0 Å². The SMILES string of the molecule is [CH2]CCCCSCCCCC. The second kappa shape index (κ2) is 10.3. The van der Waals surface area contributed by atoms with Crippen LogP contribution in [0.1, 0.15) is 45.4 Å². The van der Waals surface area contributed by atoms with Gasteiger partial charge in [0.15, 0.2) is 0 Å². The molecule has 0 saturated heterocycles. The van der Waals surface area contributed by atoms with Crippen LogP contribution < -0.4 is 0 Å². The summed E-state index contributed by atoms with van der Waals surface area (Å²) >= 11 is 2.11. The van der Waals surface area contributed by atoms with Crippen molar-refractivity contribution in [2.45, 2.75) is 45.4 Å². The van der Waals surface area contributed by atoms with Gasteiger partial charge in [-0.3, -0.25) is 0 Å². The highest BCUT2D eigenvalue weighted by atomic mass is 32.2. The summed E-state index contributed by atoms with van der Waals surface area (Å²) in [5.74, 6) is 2.71. The first-order chi connectivity index (χ1) is 5.41. The minimum atomic E-state index is 1.11. The molecule has 67 valence electrons. The van der Waals surface area contributed by atoms with Crippen molar-refractivity contribution in [3.63, 3.8) is 0 Å². The molecule has 0 aromatic carbocycles. The fraction of sp³-hybridized carbons (Fsp3) is 0.900. The number of hydrogen-bond acceptors (Lipinski definition) is 1. The molecule has 0 aromatic rings. The Balaban J connectivity index is 2.69. The van der Waals surface area contributed by atoms with Crippen molar-refractivity contribution < 1.29 is 0 Å². The molecular formula is C10H21S. The van der Waals surface area contributed by atoms with Crippen LogP contribution in [-0.2, 0) is 0 Å². The van der Waals surface area contributed by atoms with Crippen LogP contribution in [0.4, 0.5) is 0 Å². The Morgan fingerprint density at radius 1 is 1.00 bits per heavy atom. The van der Waals surface area contributed by atoms with Crippen LogP contribution in [0.2, 0.25) is 0 Å². The molecule has 0 unspecified atom stereocenters. The molecule has 0 aliphatic carbocycles. The van der Waals surface area contributed by atoms with E-state index in [1.165, 1.54) is 43.6 Å². The van der Waals surface area contributed by atoms with Gasteiger partial charge in [0.1, 0.15) is 0 Å². The Morgan fingerprint density at radius 3 is 2.18 bits per heavy atom. The fourth-order valence-electron chi connectivity index (χ4n) is 0.937. The standard InChI is InChI=1S/C10H21S/c1-3-5-7-9-11-10-8-6-4-2/h1,3-10H2,2H3. The molecule has 11 heavy (non-hydrogen) atoms. The summed E-state index contributed by atoms with van der Waals surface area (Å²) in [5, 5.41) is 0. The molecule has 0 heterocycles. The highest BCUT2D eigenvalue weighted by Gasteiger charge is 1.88. The fourth-order valence-corrected chi connectivity index (χ4v) is 1.96. The molecule has 0 atom stereocenters. The Kier molecular flexibility index (Phi) is 10.7. The number of thioether (sulfide) groups is 1. The van der Waals surface area contributed by atoms with Crippen molar-refractivity contribution >= 4 is 11.8 Å². The quantitative estimate of drug-likeness (QED) is 0.501. The van der Waals surface area contributed by atoms with Gasteiger partial charge >= 0.3 is 0 Å². The zero-order valence-electron chi connectivity index (χ0n) is 7.77. The zero-order valence-corrected chi connectivity index (χ0v) is 8.59. The summed E-state index contributed by atoms with van der Waals surface area (Å²) in [5.41, 5.74) is 0. The van der Waals surface area contributed by atoms with E-state index >= 15 is 0 Å². The van der Waals surface area contributed by atoms with Crippen LogP contribution in [0.15, 0.2) is 0 Å². The second-order valence-corrected chi connectivity index (χ2v) is 4.10. The minimum Gasteiger partial charge on any atom is -0.162 e. The Morgan fingerprint density at radius 2 is 1.64 bits per heavy atom. The molecular weight excluding hydrogens is 152 g/mol. The van der Waals surface area contributed by atoms with Crippen LogP contribution >= 0.6 is 11.8 Å². The van der Waals surface area contributed by atoms with Gasteiger partial charge in [-0.05, 0) is 24.3 Å². The number of unbranched alkanes of at least 4 members (excludes halogenated alkanes) is 4. The predicted molar refractivity (Wildman–Crippen MR) is 56.1 cm³/mol. The Bertz CT molecular complexity index is 53.9. The molecule has 1 heteroatoms. The summed E-state index contributed by atoms with van der Waals surface area (Å²) in [6.07, 6.45) is 7.93. The van der Waals surface area contributed by atoms with Gasteiger partial charge < -0.3 is 0 Å². The van der Waals surface area contributed by atoms with Crippen LogP contribution in [0.25, 0.3) is 0 Å². The third-order valence-electron chi connectivity index (χ3n) is 1.68. The molecule has 0 rings (SSSR count). The number of hydrogen-bond donors (Lipinski definition) is 0. The predicted octanol–water partition coefficient (Wildman–Crippen LogP) is 3.91. The lowest BCUT2D eigenvalue weighted by atomic mass is 10.3. The van der Waals surface area contributed by atoms with E-state index in [0.29, 0.717) is 0 Å². The smallest absolute Gasteiger partial charge is 0.00675 e. The van der Waals surface area contributed by atoms with Gasteiger partial charge in [-0.1, -0.05) is 39.5 Å². The molecule has 0 N–H and O–H groups in total. The second-order valence-electron chi connectivity index (χ2n) is 2.88. The van der Waals surface area contributed by atoms with E-state index < -0.39 is 0 Å². The van der Waals surface area contributed by atoms with Crippen molar-refractivity contribution in [1.29, 1.82) is 0 Å². The van der Waals surface area contributed by atoms with Gasteiger partial charge in [-0.15, -0.1) is 0 Å². The maximum absolute atomic E-state index is 3.82. The molecule has 0 spiro atoms. The molecule has 0 aliphatic heterocycles. The zero-order chi connectivity index (χ0) is 8.36. The van der Waals surface area contributed by atoms with Crippen molar-refractivity contribution in [3.8, 4) is 0 Å². The lowest BCUT2D eigenvalue weighted by Crippen LogP contribution is -1.83. The molecule has 1 radical (unpaired) electrons. The molecule has 0 aromatic heterocycles. The van der Waals surface area contributed by atoms with Gasteiger partial charge in [0.2, 0.25) is 0 Å². The van der Waals surface area contributed by atoms with Crippen LogP contribution in [0.3, 0.4) is 0 Å². The summed E-state index contributed by atoms with van der Waals surface area (Å²) < 4.78 is 0. The van der Waals surface area contributed by atoms with Crippen molar-refractivity contribution in [2.75, 3.05) is 11.5 Å². The number of rotatable bonds is 8. The third kappa shape index (κ3) is 10.4. The monoisotopic (exact) mass is 173 g/mol. The molecule has 0 amide bonds. The largest absolute Gasteiger partial charge is 0.162 e. The van der Waals surface area contributed by atoms with E-state index in [0.717, 1.165) is 6.42 Å². The maximum Gasteiger partial charge on any atom is -0.00675 e. The van der Waals surface area contributed by atoms with E-state index in [-0.39, 0.29) is 0 Å². The van der Waals surface area contributed by atoms with E-state index in [2.05, 4.69) is 25.6 Å². The normalized spacial score (nSPS) is 10.4. The summed E-state index contributed by atoms with van der Waals surface area (Å²) in [6.45, 7) is 6.08. The molecule has 0 nitrogen and oxygen atoms in total. The summed E-state index contributed by atoms with van der Waals surface area (Å²) in [4.78, 5) is 0. The van der Waals surface area contributed by atoms with E-state index in [1.807, 2.05) is 0 Å². The third-order valence-corrected chi connectivity index (χ3v) is 2.84. The van der Waals surface area contributed by atoms with Crippen molar-refractivity contribution in [2.24, 2.45) is 0 Å². The Hall–Kier alpha value is 0.350. The minimum absolute atomic E-state index is 1.11. The van der Waals surface area contributed by atoms with Gasteiger partial charge in [0.05, 0.1) is 0 Å². The van der Waals surface area contributed by atoms with Crippen LogP contribution in [-0.4, -0.2) is 11.5 Å². The molecule has 0 fully saturated rings. The van der Waals surface area contributed by atoms with Gasteiger partial charge in [-0.25, -0.2) is 0 Å².